The van der Waals surface area contributed by atoms with Gasteiger partial charge in [-0.2, -0.15) is 5.26 Å². The second kappa shape index (κ2) is 5.79. The molecule has 1 N–H and O–H groups in total. The van der Waals surface area contributed by atoms with Crippen LogP contribution in [0.4, 0.5) is 5.69 Å². The van der Waals surface area contributed by atoms with E-state index < -0.39 is 0 Å². The quantitative estimate of drug-likeness (QED) is 0.876. The van der Waals surface area contributed by atoms with E-state index in [1.54, 1.807) is 6.07 Å². The Kier molecular flexibility index (Phi) is 3.86. The largest absolute Gasteiger partial charge is 0.382 e. The summed E-state index contributed by atoms with van der Waals surface area (Å²) in [6, 6.07) is 16.9. The number of nitrogens with one attached hydrogen (secondary N) is 1. The smallest absolute Gasteiger partial charge is 0.101 e. The Hall–Kier alpha value is -1.98. The Balaban J connectivity index is 1.59. The second-order valence-electron chi connectivity index (χ2n) is 5.73. The van der Waals surface area contributed by atoms with Gasteiger partial charge in [0, 0.05) is 11.7 Å². The lowest BCUT2D eigenvalue weighted by Crippen LogP contribution is -2.33. The molecule has 0 heterocycles. The predicted molar refractivity (Wildman–Crippen MR) is 86.7 cm³/mol. The monoisotopic (exact) mass is 296 g/mol. The van der Waals surface area contributed by atoms with E-state index in [1.807, 2.05) is 12.1 Å². The van der Waals surface area contributed by atoms with Crippen molar-refractivity contribution >= 4 is 17.3 Å². The van der Waals surface area contributed by atoms with Crippen LogP contribution < -0.4 is 5.32 Å². The summed E-state index contributed by atoms with van der Waals surface area (Å²) in [6.07, 6.45) is 2.28. The molecule has 3 heteroatoms. The van der Waals surface area contributed by atoms with Crippen LogP contribution in [0.5, 0.6) is 0 Å². The molecule has 106 valence electrons. The van der Waals surface area contributed by atoms with E-state index in [2.05, 4.69) is 42.6 Å². The van der Waals surface area contributed by atoms with E-state index in [1.165, 1.54) is 11.1 Å². The first kappa shape index (κ1) is 14.0. The van der Waals surface area contributed by atoms with Crippen molar-refractivity contribution in [2.45, 2.75) is 31.7 Å². The minimum atomic E-state index is 0.486. The lowest BCUT2D eigenvalue weighted by atomic mass is 9.75. The highest BCUT2D eigenvalue weighted by Crippen LogP contribution is 2.38. The second-order valence-corrected chi connectivity index (χ2v) is 6.13. The first-order valence-corrected chi connectivity index (χ1v) is 7.56. The number of hydrogen-bond donors (Lipinski definition) is 1. The van der Waals surface area contributed by atoms with Crippen molar-refractivity contribution in [2.75, 3.05) is 5.32 Å². The number of aryl methyl sites for hydroxylation is 1. The van der Waals surface area contributed by atoms with Crippen molar-refractivity contribution in [3.8, 4) is 6.07 Å². The zero-order valence-electron chi connectivity index (χ0n) is 11.9. The van der Waals surface area contributed by atoms with Crippen LogP contribution in [-0.4, -0.2) is 6.04 Å². The third-order valence-corrected chi connectivity index (χ3v) is 4.46. The molecule has 0 radical (unpaired) electrons. The Morgan fingerprint density at radius 1 is 1.14 bits per heavy atom. The molecule has 21 heavy (non-hydrogen) atoms. The fraction of sp³-hybridized carbons (Fsp3) is 0.278. The van der Waals surface area contributed by atoms with Gasteiger partial charge in [0.15, 0.2) is 0 Å². The zero-order chi connectivity index (χ0) is 14.8. The standard InChI is InChI=1S/C18H17ClN2/c1-12-2-4-13(5-3-12)15-8-17(9-15)21-16-7-6-14(11-20)18(19)10-16/h2-7,10,15,17,21H,8-9H2,1H3. The summed E-state index contributed by atoms with van der Waals surface area (Å²) in [5.74, 6) is 0.650. The average Bonchev–Trinajstić information content (AvgIpc) is 2.44. The predicted octanol–water partition coefficient (Wildman–Crippen LogP) is 4.88. The highest BCUT2D eigenvalue weighted by atomic mass is 35.5. The molecule has 0 aromatic heterocycles. The number of nitriles is 1. The van der Waals surface area contributed by atoms with Crippen LogP contribution in [0.15, 0.2) is 42.5 Å². The Morgan fingerprint density at radius 3 is 2.48 bits per heavy atom. The van der Waals surface area contributed by atoms with Crippen LogP contribution in [0.2, 0.25) is 5.02 Å². The molecule has 0 spiro atoms. The van der Waals surface area contributed by atoms with E-state index >= 15 is 0 Å². The van der Waals surface area contributed by atoms with Crippen LogP contribution in [-0.2, 0) is 0 Å². The average molecular weight is 297 g/mol. The number of hydrogen-bond acceptors (Lipinski definition) is 2. The molecule has 0 aliphatic heterocycles. The van der Waals surface area contributed by atoms with E-state index in [9.17, 15) is 0 Å². The van der Waals surface area contributed by atoms with E-state index in [0.717, 1.165) is 18.5 Å². The van der Waals surface area contributed by atoms with Gasteiger partial charge < -0.3 is 5.32 Å². The third-order valence-electron chi connectivity index (χ3n) is 4.15. The molecule has 3 rings (SSSR count). The van der Waals surface area contributed by atoms with Gasteiger partial charge in [0.25, 0.3) is 0 Å². The van der Waals surface area contributed by atoms with Crippen molar-refractivity contribution < 1.29 is 0 Å². The van der Waals surface area contributed by atoms with Crippen molar-refractivity contribution in [3.05, 3.63) is 64.2 Å². The van der Waals surface area contributed by atoms with E-state index in [-0.39, 0.29) is 0 Å². The zero-order valence-corrected chi connectivity index (χ0v) is 12.7. The van der Waals surface area contributed by atoms with Crippen molar-refractivity contribution in [1.82, 2.24) is 0 Å². The molecule has 0 bridgehead atoms. The molecule has 0 amide bonds. The van der Waals surface area contributed by atoms with E-state index in [4.69, 9.17) is 16.9 Å². The number of rotatable bonds is 3. The van der Waals surface area contributed by atoms with Gasteiger partial charge in [-0.25, -0.2) is 0 Å². The Morgan fingerprint density at radius 2 is 1.86 bits per heavy atom. The summed E-state index contributed by atoms with van der Waals surface area (Å²) in [5.41, 5.74) is 4.25. The summed E-state index contributed by atoms with van der Waals surface area (Å²) < 4.78 is 0. The summed E-state index contributed by atoms with van der Waals surface area (Å²) >= 11 is 6.05. The first-order chi connectivity index (χ1) is 10.2. The number of nitrogens with zero attached hydrogens (tertiary/aromatic N) is 1. The van der Waals surface area contributed by atoms with Crippen molar-refractivity contribution in [3.63, 3.8) is 0 Å². The van der Waals surface area contributed by atoms with Crippen LogP contribution in [0.3, 0.4) is 0 Å². The van der Waals surface area contributed by atoms with Gasteiger partial charge in [-0.1, -0.05) is 41.4 Å². The maximum absolute atomic E-state index is 8.87. The molecular weight excluding hydrogens is 280 g/mol. The number of benzene rings is 2. The summed E-state index contributed by atoms with van der Waals surface area (Å²) in [4.78, 5) is 0. The van der Waals surface area contributed by atoms with Gasteiger partial charge in [0.2, 0.25) is 0 Å². The fourth-order valence-corrected chi connectivity index (χ4v) is 3.00. The number of anilines is 1. The molecule has 0 atom stereocenters. The van der Waals surface area contributed by atoms with Gasteiger partial charge >= 0.3 is 0 Å². The van der Waals surface area contributed by atoms with Gasteiger partial charge in [0.1, 0.15) is 6.07 Å². The summed E-state index contributed by atoms with van der Waals surface area (Å²) in [5, 5.41) is 12.9. The van der Waals surface area contributed by atoms with Gasteiger partial charge in [-0.05, 0) is 49.4 Å². The maximum atomic E-state index is 8.87. The third kappa shape index (κ3) is 3.04. The van der Waals surface area contributed by atoms with E-state index in [0.29, 0.717) is 22.5 Å². The minimum Gasteiger partial charge on any atom is -0.382 e. The minimum absolute atomic E-state index is 0.486. The SMILES string of the molecule is Cc1ccc(C2CC(Nc3ccc(C#N)c(Cl)c3)C2)cc1. The topological polar surface area (TPSA) is 35.8 Å². The molecule has 2 nitrogen and oxygen atoms in total. The maximum Gasteiger partial charge on any atom is 0.101 e. The van der Waals surface area contributed by atoms with Gasteiger partial charge in [-0.3, -0.25) is 0 Å². The molecule has 1 aliphatic rings. The molecule has 0 unspecified atom stereocenters. The summed E-state index contributed by atoms with van der Waals surface area (Å²) in [7, 11) is 0. The molecule has 1 fully saturated rings. The lowest BCUT2D eigenvalue weighted by molar-refractivity contribution is 0.374. The highest BCUT2D eigenvalue weighted by molar-refractivity contribution is 6.32. The molecule has 0 saturated heterocycles. The first-order valence-electron chi connectivity index (χ1n) is 7.18. The van der Waals surface area contributed by atoms with Crippen molar-refractivity contribution in [2.24, 2.45) is 0 Å². The Bertz CT molecular complexity index is 679. The molecule has 2 aromatic rings. The van der Waals surface area contributed by atoms with Crippen molar-refractivity contribution in [1.29, 1.82) is 5.26 Å². The van der Waals surface area contributed by atoms with Crippen LogP contribution in [0.1, 0.15) is 35.4 Å². The number of halogens is 1. The summed E-state index contributed by atoms with van der Waals surface area (Å²) in [6.45, 7) is 2.11. The lowest BCUT2D eigenvalue weighted by Gasteiger charge is -2.37. The fourth-order valence-electron chi connectivity index (χ4n) is 2.78. The molecule has 1 saturated carbocycles. The van der Waals surface area contributed by atoms with Crippen LogP contribution in [0, 0.1) is 18.3 Å². The normalized spacial score (nSPS) is 20.4. The Labute approximate surface area is 130 Å². The molecular formula is C18H17ClN2. The van der Waals surface area contributed by atoms with Crippen LogP contribution in [0.25, 0.3) is 0 Å². The van der Waals surface area contributed by atoms with Gasteiger partial charge in [0.05, 0.1) is 10.6 Å². The van der Waals surface area contributed by atoms with Crippen LogP contribution >= 0.6 is 11.6 Å². The van der Waals surface area contributed by atoms with Gasteiger partial charge in [-0.15, -0.1) is 0 Å². The molecule has 2 aromatic carbocycles. The highest BCUT2D eigenvalue weighted by Gasteiger charge is 2.30. The molecule has 1 aliphatic carbocycles.